The summed E-state index contributed by atoms with van der Waals surface area (Å²) >= 11 is 0. The minimum absolute atomic E-state index is 0.277. The predicted molar refractivity (Wildman–Crippen MR) is 133 cm³/mol. The minimum atomic E-state index is -0.931. The van der Waals surface area contributed by atoms with E-state index in [0.29, 0.717) is 12.3 Å². The van der Waals surface area contributed by atoms with E-state index >= 15 is 0 Å². The van der Waals surface area contributed by atoms with Gasteiger partial charge in [0.15, 0.2) is 0 Å². The number of benzene rings is 3. The first-order chi connectivity index (χ1) is 16.2. The van der Waals surface area contributed by atoms with Crippen molar-refractivity contribution in [3.63, 3.8) is 0 Å². The van der Waals surface area contributed by atoms with Gasteiger partial charge in [-0.3, -0.25) is 4.79 Å². The largest absolute Gasteiger partial charge is 0.467 e. The Hall–Kier alpha value is -2.97. The second kappa shape index (κ2) is 11.2. The Morgan fingerprint density at radius 2 is 1.36 bits per heavy atom. The smallest absolute Gasteiger partial charge is 0.328 e. The van der Waals surface area contributed by atoms with Gasteiger partial charge in [0.25, 0.3) is 0 Å². The molecule has 33 heavy (non-hydrogen) atoms. The van der Waals surface area contributed by atoms with Crippen molar-refractivity contribution in [3.05, 3.63) is 127 Å². The first-order valence-electron chi connectivity index (χ1n) is 10.8. The molecule has 0 spiro atoms. The molecule has 4 rings (SSSR count). The van der Waals surface area contributed by atoms with Crippen LogP contribution < -0.4 is 15.9 Å². The molecule has 165 valence electrons. The molecule has 3 aromatic rings. The third-order valence-electron chi connectivity index (χ3n) is 5.38. The quantitative estimate of drug-likeness (QED) is 0.417. The van der Waals surface area contributed by atoms with Crippen molar-refractivity contribution in [3.8, 4) is 0 Å². The molecule has 1 N–H and O–H groups in total. The summed E-state index contributed by atoms with van der Waals surface area (Å²) in [6.45, 7) is 0. The van der Waals surface area contributed by atoms with Crippen molar-refractivity contribution in [1.82, 2.24) is 5.32 Å². The average molecular weight is 454 g/mol. The van der Waals surface area contributed by atoms with Gasteiger partial charge < -0.3 is 10.1 Å². The fourth-order valence-corrected chi connectivity index (χ4v) is 6.25. The highest BCUT2D eigenvalue weighted by atomic mass is 31.1. The van der Waals surface area contributed by atoms with Gasteiger partial charge in [-0.1, -0.05) is 91.0 Å². The van der Waals surface area contributed by atoms with Gasteiger partial charge in [0.2, 0.25) is 5.91 Å². The topological polar surface area (TPSA) is 55.4 Å². The average Bonchev–Trinajstić information content (AvgIpc) is 3.35. The van der Waals surface area contributed by atoms with Crippen LogP contribution in [0.15, 0.2) is 91.0 Å². The predicted octanol–water partition coefficient (Wildman–Crippen LogP) is 3.75. The lowest BCUT2D eigenvalue weighted by Crippen LogP contribution is -2.45. The van der Waals surface area contributed by atoms with E-state index in [9.17, 15) is 9.59 Å². The number of esters is 1. The molecule has 0 unspecified atom stereocenters. The van der Waals surface area contributed by atoms with E-state index in [-0.39, 0.29) is 5.91 Å². The van der Waals surface area contributed by atoms with Crippen LogP contribution in [-0.2, 0) is 20.7 Å². The number of hydrogen-bond acceptors (Lipinski definition) is 3. The fraction of sp³-hybridized carbons (Fsp3) is 0.107. The molecule has 1 amide bonds. The third-order valence-corrected chi connectivity index (χ3v) is 7.88. The van der Waals surface area contributed by atoms with Gasteiger partial charge in [-0.2, -0.15) is 0 Å². The summed E-state index contributed by atoms with van der Waals surface area (Å²) in [5, 5.41) is 5.23. The van der Waals surface area contributed by atoms with E-state index in [0.717, 1.165) is 21.8 Å². The van der Waals surface area contributed by atoms with E-state index in [1.54, 1.807) is 0 Å². The standard InChI is InChI=1S/C28H25NO3P/c1-32-28(31)25(20-21-12-5-2-6-13-21)29-27(30)24-18-11-19-26(24)33(22-14-7-3-8-15-22)23-16-9-4-10-17-23/h2-19,25H,20H2,1H3,(H,29,30)/t25-/m0/s1. The molecule has 0 aromatic heterocycles. The van der Waals surface area contributed by atoms with Crippen LogP contribution in [0.3, 0.4) is 0 Å². The van der Waals surface area contributed by atoms with E-state index in [2.05, 4.69) is 29.6 Å². The zero-order valence-corrected chi connectivity index (χ0v) is 19.2. The number of carbonyl (C=O) groups is 2. The summed E-state index contributed by atoms with van der Waals surface area (Å²) < 4.78 is 4.97. The van der Waals surface area contributed by atoms with Crippen LogP contribution in [-0.4, -0.2) is 25.0 Å². The van der Waals surface area contributed by atoms with Crippen LogP contribution in [0.1, 0.15) is 5.56 Å². The minimum Gasteiger partial charge on any atom is -0.467 e. The van der Waals surface area contributed by atoms with Gasteiger partial charge in [0.05, 0.1) is 13.0 Å². The molecule has 3 aromatic carbocycles. The third kappa shape index (κ3) is 5.69. The maximum atomic E-state index is 13.4. The molecule has 5 radical (unpaired) electrons. The van der Waals surface area contributed by atoms with Crippen molar-refractivity contribution in [2.45, 2.75) is 12.5 Å². The Kier molecular flexibility index (Phi) is 7.91. The zero-order chi connectivity index (χ0) is 23.0. The lowest BCUT2D eigenvalue weighted by molar-refractivity contribution is -0.144. The van der Waals surface area contributed by atoms with E-state index < -0.39 is 19.9 Å². The van der Waals surface area contributed by atoms with Gasteiger partial charge in [0, 0.05) is 12.1 Å². The number of nitrogens with one attached hydrogen (secondary N) is 1. The summed E-state index contributed by atoms with van der Waals surface area (Å²) in [5.41, 5.74) is 1.91. The van der Waals surface area contributed by atoms with E-state index in [1.165, 1.54) is 7.11 Å². The maximum absolute atomic E-state index is 13.4. The van der Waals surface area contributed by atoms with Crippen LogP contribution >= 0.6 is 7.92 Å². The normalized spacial score (nSPS) is 15.3. The summed E-state index contributed by atoms with van der Waals surface area (Å²) in [7, 11) is 0.407. The van der Waals surface area contributed by atoms with Crippen LogP contribution in [0.4, 0.5) is 0 Å². The van der Waals surface area contributed by atoms with Crippen molar-refractivity contribution < 1.29 is 14.3 Å². The van der Waals surface area contributed by atoms with Crippen molar-refractivity contribution >= 4 is 30.4 Å². The molecular formula is C28H25NO3P. The molecule has 1 aliphatic carbocycles. The molecule has 4 nitrogen and oxygen atoms in total. The highest BCUT2D eigenvalue weighted by molar-refractivity contribution is 7.76. The van der Waals surface area contributed by atoms with E-state index in [4.69, 9.17) is 4.74 Å². The van der Waals surface area contributed by atoms with Crippen molar-refractivity contribution in [2.24, 2.45) is 0 Å². The summed E-state index contributed by atoms with van der Waals surface area (Å²) in [4.78, 5) is 25.9. The summed E-state index contributed by atoms with van der Waals surface area (Å²) in [6.07, 6.45) is 6.09. The lowest BCUT2D eigenvalue weighted by atomic mass is 10.0. The Bertz CT molecular complexity index is 1000. The lowest BCUT2D eigenvalue weighted by Gasteiger charge is -2.29. The Morgan fingerprint density at radius 3 is 1.91 bits per heavy atom. The Balaban J connectivity index is 1.57. The van der Waals surface area contributed by atoms with Gasteiger partial charge in [-0.25, -0.2) is 4.79 Å². The van der Waals surface area contributed by atoms with Crippen LogP contribution in [0.5, 0.6) is 0 Å². The first-order valence-corrected chi connectivity index (χ1v) is 12.1. The monoisotopic (exact) mass is 454 g/mol. The number of hydrogen-bond donors (Lipinski definition) is 1. The second-order valence-electron chi connectivity index (χ2n) is 7.57. The molecule has 0 saturated heterocycles. The van der Waals surface area contributed by atoms with Crippen molar-refractivity contribution in [2.75, 3.05) is 7.11 Å². The fourth-order valence-electron chi connectivity index (χ4n) is 3.80. The SMILES string of the molecule is COC(=O)[C@H](Cc1ccccc1)NC(=O)[C]1[CH][CH][CH][C]1P(c1ccccc1)c1ccccc1. The molecule has 1 fully saturated rings. The molecule has 5 heteroatoms. The van der Waals surface area contributed by atoms with E-state index in [1.807, 2.05) is 86.0 Å². The highest BCUT2D eigenvalue weighted by Crippen LogP contribution is 2.55. The molecule has 1 atom stereocenters. The number of rotatable bonds is 8. The second-order valence-corrected chi connectivity index (χ2v) is 9.76. The van der Waals surface area contributed by atoms with Gasteiger partial charge >= 0.3 is 5.97 Å². The molecule has 0 heterocycles. The summed E-state index contributed by atoms with van der Waals surface area (Å²) in [6, 6.07) is 29.3. The molecule has 0 bridgehead atoms. The van der Waals surface area contributed by atoms with Gasteiger partial charge in [0.1, 0.15) is 6.04 Å². The van der Waals surface area contributed by atoms with Crippen LogP contribution in [0, 0.1) is 30.8 Å². The molecule has 0 aliphatic heterocycles. The van der Waals surface area contributed by atoms with Crippen molar-refractivity contribution in [1.29, 1.82) is 0 Å². The number of ether oxygens (including phenoxy) is 1. The molecular weight excluding hydrogens is 429 g/mol. The van der Waals surface area contributed by atoms with Crippen LogP contribution in [0.25, 0.3) is 0 Å². The van der Waals surface area contributed by atoms with Gasteiger partial charge in [-0.05, 0) is 43.4 Å². The Morgan fingerprint density at radius 1 is 0.818 bits per heavy atom. The Labute approximate surface area is 197 Å². The zero-order valence-electron chi connectivity index (χ0n) is 18.3. The highest BCUT2D eigenvalue weighted by Gasteiger charge is 2.42. The number of amides is 1. The number of methoxy groups -OCH3 is 1. The molecule has 1 aliphatic rings. The maximum Gasteiger partial charge on any atom is 0.328 e. The van der Waals surface area contributed by atoms with Crippen LogP contribution in [0.2, 0.25) is 0 Å². The summed E-state index contributed by atoms with van der Waals surface area (Å²) in [5.74, 6) is -0.162. The number of carbonyl (C=O) groups excluding carboxylic acids is 2. The van der Waals surface area contributed by atoms with Gasteiger partial charge in [-0.15, -0.1) is 0 Å². The first kappa shape index (κ1) is 23.2. The molecule has 1 saturated carbocycles.